The van der Waals surface area contributed by atoms with E-state index in [0.29, 0.717) is 106 Å². The van der Waals surface area contributed by atoms with Crippen molar-refractivity contribution in [1.82, 2.24) is 24.7 Å². The Morgan fingerprint density at radius 1 is 0.603 bits per heavy atom. The Labute approximate surface area is 462 Å². The first-order valence-corrected chi connectivity index (χ1v) is 27.9. The van der Waals surface area contributed by atoms with Gasteiger partial charge < -0.3 is 43.5 Å². The van der Waals surface area contributed by atoms with E-state index in [1.165, 1.54) is 28.2 Å². The summed E-state index contributed by atoms with van der Waals surface area (Å²) in [5.74, 6) is 4.39. The Bertz CT molecular complexity index is 3410. The van der Waals surface area contributed by atoms with Gasteiger partial charge in [-0.2, -0.15) is 0 Å². The number of benzene rings is 6. The zero-order valence-electron chi connectivity index (χ0n) is 44.2. The largest absolute Gasteiger partial charge is 0.492 e. The molecule has 400 valence electrons. The molecule has 1 fully saturated rings. The van der Waals surface area contributed by atoms with Crippen LogP contribution in [0.25, 0.3) is 0 Å². The summed E-state index contributed by atoms with van der Waals surface area (Å²) in [6.07, 6.45) is 0. The highest BCUT2D eigenvalue weighted by Crippen LogP contribution is 2.44. The van der Waals surface area contributed by atoms with Crippen LogP contribution in [-0.2, 0) is 39.3 Å². The summed E-state index contributed by atoms with van der Waals surface area (Å²) in [4.78, 5) is 45.7. The molecule has 11 rings (SSSR count). The minimum Gasteiger partial charge on any atom is -0.492 e. The normalized spacial score (nSPS) is 13.6. The maximum atomic E-state index is 13.9. The molecule has 0 bridgehead atoms. The zero-order valence-corrected chi connectivity index (χ0v) is 45.8. The number of hydrogen-bond acceptors (Lipinski definition) is 15. The Hall–Kier alpha value is -7.96. The first-order valence-electron chi connectivity index (χ1n) is 26.2. The van der Waals surface area contributed by atoms with Crippen molar-refractivity contribution in [1.29, 1.82) is 0 Å². The minimum atomic E-state index is -0.243. The lowest BCUT2D eigenvalue weighted by Crippen LogP contribution is -2.49. The van der Waals surface area contributed by atoms with Crippen LogP contribution < -0.4 is 38.6 Å². The first-order chi connectivity index (χ1) is 38.0. The Kier molecular flexibility index (Phi) is 15.9. The number of amides is 2. The number of hydrogen-bond donors (Lipinski definition) is 1. The van der Waals surface area contributed by atoms with Crippen LogP contribution in [-0.4, -0.2) is 82.9 Å². The van der Waals surface area contributed by atoms with Crippen LogP contribution >= 0.6 is 22.7 Å². The van der Waals surface area contributed by atoms with E-state index < -0.39 is 0 Å². The highest BCUT2D eigenvalue weighted by Gasteiger charge is 2.27. The summed E-state index contributed by atoms with van der Waals surface area (Å²) in [5.41, 5.74) is 10.4. The number of ether oxygens (including phenoxy) is 6. The van der Waals surface area contributed by atoms with Crippen LogP contribution in [0.5, 0.6) is 40.2 Å². The number of aryl methyl sites for hydroxylation is 3. The fourth-order valence-corrected chi connectivity index (χ4v) is 11.4. The summed E-state index contributed by atoms with van der Waals surface area (Å²) in [7, 11) is 0. The van der Waals surface area contributed by atoms with E-state index in [-0.39, 0.29) is 25.4 Å². The number of carbonyl (C=O) groups is 2. The van der Waals surface area contributed by atoms with Crippen molar-refractivity contribution < 1.29 is 38.0 Å². The van der Waals surface area contributed by atoms with Crippen molar-refractivity contribution in [3.05, 3.63) is 192 Å². The zero-order chi connectivity index (χ0) is 53.5. The van der Waals surface area contributed by atoms with E-state index in [0.717, 1.165) is 72.0 Å². The van der Waals surface area contributed by atoms with Crippen molar-refractivity contribution in [3.63, 3.8) is 0 Å². The Morgan fingerprint density at radius 2 is 1.23 bits per heavy atom. The topological polar surface area (TPSA) is 140 Å². The molecule has 1 saturated heterocycles. The monoisotopic (exact) mass is 1080 g/mol. The molecule has 8 aromatic rings. The van der Waals surface area contributed by atoms with Gasteiger partial charge in [0.2, 0.25) is 19.3 Å². The van der Waals surface area contributed by atoms with E-state index in [4.69, 9.17) is 38.4 Å². The van der Waals surface area contributed by atoms with E-state index in [9.17, 15) is 9.59 Å². The number of nitrogens with zero attached hydrogens (tertiary/aromatic N) is 6. The van der Waals surface area contributed by atoms with Crippen LogP contribution in [0.15, 0.2) is 132 Å². The SMILES string of the molecule is CCOc1ccccc1N1CCN(C(=O)c2csc(CN(Cc3ccc(C)cc3)Cc3cc4c(c(Oc5ccc(CN(Cc6ccc7c(c6)OCO7)Cc6nc(C(=O)Nc7ccc(C)c(C)c7)cs6)cc5)c3)OCO4)n2)CC1. The fraction of sp³-hybridized carbons (Fsp3) is 0.279. The number of carbonyl (C=O) groups excluding carboxylic acids is 2. The molecule has 15 nitrogen and oxygen atoms in total. The molecule has 0 spiro atoms. The second-order valence-corrected chi connectivity index (χ2v) is 21.6. The number of thiazole rings is 2. The molecule has 78 heavy (non-hydrogen) atoms. The molecule has 2 aromatic heterocycles. The Balaban J connectivity index is 0.770. The van der Waals surface area contributed by atoms with E-state index >= 15 is 0 Å². The third-order valence-electron chi connectivity index (χ3n) is 13.9. The van der Waals surface area contributed by atoms with Crippen LogP contribution in [0.3, 0.4) is 0 Å². The van der Waals surface area contributed by atoms with Gasteiger partial charge in [-0.1, -0.05) is 66.2 Å². The van der Waals surface area contributed by atoms with Crippen LogP contribution in [0.2, 0.25) is 0 Å². The fourth-order valence-electron chi connectivity index (χ4n) is 9.77. The maximum Gasteiger partial charge on any atom is 0.275 e. The molecule has 0 radical (unpaired) electrons. The molecule has 6 aromatic carbocycles. The lowest BCUT2D eigenvalue weighted by atomic mass is 10.1. The third kappa shape index (κ3) is 12.6. The van der Waals surface area contributed by atoms with Gasteiger partial charge in [-0.15, -0.1) is 22.7 Å². The van der Waals surface area contributed by atoms with Crippen LogP contribution in [0, 0.1) is 20.8 Å². The molecule has 17 heteroatoms. The molecule has 5 heterocycles. The highest BCUT2D eigenvalue weighted by molar-refractivity contribution is 7.10. The number of fused-ring (bicyclic) bond motifs is 2. The second-order valence-electron chi connectivity index (χ2n) is 19.7. The highest BCUT2D eigenvalue weighted by atomic mass is 32.1. The molecule has 0 atom stereocenters. The summed E-state index contributed by atoms with van der Waals surface area (Å²) in [5, 5.41) is 8.38. The van der Waals surface area contributed by atoms with Gasteiger partial charge in [0, 0.05) is 68.8 Å². The summed E-state index contributed by atoms with van der Waals surface area (Å²) >= 11 is 2.97. The van der Waals surface area contributed by atoms with Crippen molar-refractivity contribution in [2.75, 3.05) is 56.6 Å². The molecule has 3 aliphatic heterocycles. The predicted molar refractivity (Wildman–Crippen MR) is 303 cm³/mol. The number of piperazine rings is 1. The third-order valence-corrected chi connectivity index (χ3v) is 15.6. The van der Waals surface area contributed by atoms with E-state index in [1.54, 1.807) is 0 Å². The molecule has 0 saturated carbocycles. The summed E-state index contributed by atoms with van der Waals surface area (Å²) in [6, 6.07) is 40.6. The van der Waals surface area contributed by atoms with Gasteiger partial charge in [0.15, 0.2) is 23.0 Å². The molecular weight excluding hydrogens is 1020 g/mol. The molecular formula is C61H61N7O8S2. The predicted octanol–water partition coefficient (Wildman–Crippen LogP) is 11.8. The maximum absolute atomic E-state index is 13.9. The van der Waals surface area contributed by atoms with Crippen molar-refractivity contribution in [2.24, 2.45) is 0 Å². The number of aromatic nitrogens is 2. The van der Waals surface area contributed by atoms with Gasteiger partial charge in [0.05, 0.1) is 25.4 Å². The Morgan fingerprint density at radius 3 is 1.97 bits per heavy atom. The van der Waals surface area contributed by atoms with Gasteiger partial charge >= 0.3 is 0 Å². The number of nitrogens with one attached hydrogen (secondary N) is 1. The smallest absolute Gasteiger partial charge is 0.275 e. The van der Waals surface area contributed by atoms with Crippen molar-refractivity contribution >= 4 is 45.9 Å². The summed E-state index contributed by atoms with van der Waals surface area (Å²) in [6.45, 7) is 15.1. The van der Waals surface area contributed by atoms with Gasteiger partial charge in [0.25, 0.3) is 11.8 Å². The molecule has 0 unspecified atom stereocenters. The van der Waals surface area contributed by atoms with Crippen molar-refractivity contribution in [3.8, 4) is 40.2 Å². The summed E-state index contributed by atoms with van der Waals surface area (Å²) < 4.78 is 35.8. The second kappa shape index (κ2) is 23.7. The minimum absolute atomic E-state index is 0.0502. The van der Waals surface area contributed by atoms with E-state index in [2.05, 4.69) is 75.5 Å². The van der Waals surface area contributed by atoms with Gasteiger partial charge in [-0.05, 0) is 122 Å². The van der Waals surface area contributed by atoms with Gasteiger partial charge in [-0.3, -0.25) is 19.4 Å². The molecule has 0 aliphatic carbocycles. The lowest BCUT2D eigenvalue weighted by molar-refractivity contribution is 0.0741. The van der Waals surface area contributed by atoms with Gasteiger partial charge in [0.1, 0.15) is 32.9 Å². The standard InChI is InChI=1S/C61H61N7O8S2/c1-5-71-52-9-7-6-8-51(52)67-22-24-68(25-23-67)61(70)50-37-78-58(64-50)35-66(30-43-13-10-40(2)11-14-43)33-46-28-55-59(75-39-74-55)56(29-46)76-48-19-15-44(16-20-48)31-65(32-45-17-21-53-54(27-45)73-38-72-53)34-57-63-49(36-77-57)60(69)62-47-18-12-41(3)42(4)26-47/h6-21,26-29,36-37H,5,22-25,30-35,38-39H2,1-4H3,(H,62,69). The van der Waals surface area contributed by atoms with Crippen LogP contribution in [0.1, 0.15) is 76.9 Å². The average Bonchev–Trinajstić information content (AvgIpc) is 4.32. The van der Waals surface area contributed by atoms with Crippen molar-refractivity contribution in [2.45, 2.75) is 67.0 Å². The molecule has 1 N–H and O–H groups in total. The molecule has 3 aliphatic rings. The first kappa shape index (κ1) is 52.1. The number of anilines is 2. The lowest BCUT2D eigenvalue weighted by Gasteiger charge is -2.36. The van der Waals surface area contributed by atoms with Crippen LogP contribution in [0.4, 0.5) is 11.4 Å². The number of para-hydroxylation sites is 2. The van der Waals surface area contributed by atoms with Gasteiger partial charge in [-0.25, -0.2) is 9.97 Å². The number of rotatable bonds is 20. The van der Waals surface area contributed by atoms with E-state index in [1.807, 2.05) is 109 Å². The quantitative estimate of drug-likeness (QED) is 0.0775. The average molecular weight is 1080 g/mol. The molecule has 2 amide bonds.